The Hall–Kier alpha value is -4.40. The van der Waals surface area contributed by atoms with Gasteiger partial charge in [0.1, 0.15) is 5.82 Å². The van der Waals surface area contributed by atoms with Crippen molar-refractivity contribution in [2.24, 2.45) is 0 Å². The van der Waals surface area contributed by atoms with Gasteiger partial charge in [0, 0.05) is 29.1 Å². The Kier molecular flexibility index (Phi) is 4.33. The standard InChI is InChI=1S/C23H17FN4O4/c24-18-6-3-16-12-27(20(29)19(16)11-18)13-23(21(30)25-22(31)26-23)17-4-1-14(2-5-17)15-7-9-28(32)10-8-15/h1-12,29H,13H2,(H2,25,26,30,31)/t23-/m0/s1. The van der Waals surface area contributed by atoms with E-state index < -0.39 is 23.3 Å². The van der Waals surface area contributed by atoms with E-state index in [4.69, 9.17) is 0 Å². The summed E-state index contributed by atoms with van der Waals surface area (Å²) in [5.74, 6) is -1.27. The molecule has 0 unspecified atom stereocenters. The molecule has 8 nitrogen and oxygen atoms in total. The number of pyridine rings is 1. The Morgan fingerprint density at radius 3 is 2.38 bits per heavy atom. The molecule has 0 bridgehead atoms. The Bertz CT molecular complexity index is 1370. The molecule has 9 heteroatoms. The van der Waals surface area contributed by atoms with Crippen LogP contribution in [0.3, 0.4) is 0 Å². The van der Waals surface area contributed by atoms with Gasteiger partial charge in [-0.1, -0.05) is 24.3 Å². The van der Waals surface area contributed by atoms with Crippen LogP contribution in [0.5, 0.6) is 5.88 Å². The lowest BCUT2D eigenvalue weighted by atomic mass is 9.88. The number of nitrogens with one attached hydrogen (secondary N) is 2. The number of nitrogens with zero attached hydrogens (tertiary/aromatic N) is 2. The molecule has 3 heterocycles. The predicted octanol–water partition coefficient (Wildman–Crippen LogP) is 2.52. The van der Waals surface area contributed by atoms with Gasteiger partial charge < -0.3 is 20.2 Å². The van der Waals surface area contributed by atoms with Crippen molar-refractivity contribution in [2.45, 2.75) is 12.1 Å². The third kappa shape index (κ3) is 3.11. The Balaban J connectivity index is 1.56. The lowest BCUT2D eigenvalue weighted by Crippen LogP contribution is -2.47. The zero-order valence-electron chi connectivity index (χ0n) is 16.6. The van der Waals surface area contributed by atoms with Gasteiger partial charge in [0.05, 0.1) is 6.54 Å². The van der Waals surface area contributed by atoms with Gasteiger partial charge in [0.15, 0.2) is 23.8 Å². The molecule has 4 aromatic rings. The van der Waals surface area contributed by atoms with Crippen molar-refractivity contribution in [1.29, 1.82) is 0 Å². The SMILES string of the molecule is O=C1NC(=O)[C@](Cn2cc3ccc(F)cc3c2O)(c2ccc(-c3cc[n+]([O-])cc3)cc2)N1. The third-order valence-electron chi connectivity index (χ3n) is 5.69. The number of urea groups is 1. The highest BCUT2D eigenvalue weighted by molar-refractivity contribution is 6.07. The summed E-state index contributed by atoms with van der Waals surface area (Å²) in [5.41, 5.74) is 0.658. The van der Waals surface area contributed by atoms with Gasteiger partial charge in [-0.05, 0) is 34.9 Å². The number of aromatic hydroxyl groups is 1. The first-order valence-electron chi connectivity index (χ1n) is 9.76. The van der Waals surface area contributed by atoms with Crippen molar-refractivity contribution >= 4 is 22.7 Å². The van der Waals surface area contributed by atoms with Crippen LogP contribution in [0.15, 0.2) is 73.2 Å². The van der Waals surface area contributed by atoms with E-state index in [1.54, 1.807) is 42.6 Å². The van der Waals surface area contributed by atoms with Crippen LogP contribution in [-0.4, -0.2) is 21.6 Å². The average Bonchev–Trinajstić information content (AvgIpc) is 3.24. The minimum absolute atomic E-state index is 0.104. The van der Waals surface area contributed by atoms with Crippen LogP contribution >= 0.6 is 0 Å². The second-order valence-electron chi connectivity index (χ2n) is 7.65. The van der Waals surface area contributed by atoms with E-state index in [0.717, 1.165) is 11.1 Å². The van der Waals surface area contributed by atoms with E-state index in [1.807, 2.05) is 0 Å². The molecule has 1 aliphatic heterocycles. The van der Waals surface area contributed by atoms with E-state index in [0.29, 0.717) is 21.1 Å². The van der Waals surface area contributed by atoms with Crippen molar-refractivity contribution in [2.75, 3.05) is 0 Å². The van der Waals surface area contributed by atoms with E-state index in [1.165, 1.54) is 35.2 Å². The van der Waals surface area contributed by atoms with Gasteiger partial charge in [-0.3, -0.25) is 10.1 Å². The third-order valence-corrected chi connectivity index (χ3v) is 5.69. The molecular formula is C23H17FN4O4. The molecule has 0 saturated carbocycles. The van der Waals surface area contributed by atoms with Crippen LogP contribution < -0.4 is 15.4 Å². The van der Waals surface area contributed by atoms with E-state index in [-0.39, 0.29) is 12.4 Å². The number of halogens is 1. The van der Waals surface area contributed by atoms with E-state index in [9.17, 15) is 24.3 Å². The fraction of sp³-hybridized carbons (Fsp3) is 0.0870. The largest absolute Gasteiger partial charge is 0.619 e. The van der Waals surface area contributed by atoms with Crippen molar-refractivity contribution in [3.05, 3.63) is 89.8 Å². The van der Waals surface area contributed by atoms with Crippen LogP contribution in [0.4, 0.5) is 9.18 Å². The van der Waals surface area contributed by atoms with Crippen LogP contribution in [0.25, 0.3) is 21.9 Å². The van der Waals surface area contributed by atoms with Crippen LogP contribution in [-0.2, 0) is 16.9 Å². The van der Waals surface area contributed by atoms with E-state index in [2.05, 4.69) is 10.6 Å². The maximum absolute atomic E-state index is 13.6. The fourth-order valence-electron chi connectivity index (χ4n) is 4.04. The van der Waals surface area contributed by atoms with Gasteiger partial charge in [-0.15, -0.1) is 0 Å². The highest BCUT2D eigenvalue weighted by atomic mass is 19.1. The molecule has 0 radical (unpaired) electrons. The summed E-state index contributed by atoms with van der Waals surface area (Å²) in [6.45, 7) is -0.104. The zero-order valence-corrected chi connectivity index (χ0v) is 16.6. The predicted molar refractivity (Wildman–Crippen MR) is 113 cm³/mol. The number of carbonyl (C=O) groups is 2. The maximum Gasteiger partial charge on any atom is 0.322 e. The minimum atomic E-state index is -1.48. The van der Waals surface area contributed by atoms with Crippen molar-refractivity contribution < 1.29 is 23.8 Å². The van der Waals surface area contributed by atoms with Gasteiger partial charge >= 0.3 is 6.03 Å². The van der Waals surface area contributed by atoms with Crippen LogP contribution in [0.1, 0.15) is 5.56 Å². The summed E-state index contributed by atoms with van der Waals surface area (Å²) >= 11 is 0. The smallest absolute Gasteiger partial charge is 0.322 e. The number of imide groups is 1. The lowest BCUT2D eigenvalue weighted by molar-refractivity contribution is -0.605. The molecule has 2 aromatic heterocycles. The number of rotatable bonds is 4. The molecule has 1 aliphatic rings. The van der Waals surface area contributed by atoms with Crippen LogP contribution in [0, 0.1) is 11.0 Å². The van der Waals surface area contributed by atoms with Gasteiger partial charge in [-0.25, -0.2) is 9.18 Å². The molecule has 0 spiro atoms. The lowest BCUT2D eigenvalue weighted by Gasteiger charge is -2.27. The number of carbonyl (C=O) groups excluding carboxylic acids is 2. The van der Waals surface area contributed by atoms with Crippen LogP contribution in [0.2, 0.25) is 0 Å². The molecule has 1 fully saturated rings. The summed E-state index contributed by atoms with van der Waals surface area (Å²) in [4.78, 5) is 25.0. The molecule has 32 heavy (non-hydrogen) atoms. The van der Waals surface area contributed by atoms with Gasteiger partial charge in [-0.2, -0.15) is 4.73 Å². The number of amides is 3. The molecule has 1 saturated heterocycles. The zero-order chi connectivity index (χ0) is 22.5. The summed E-state index contributed by atoms with van der Waals surface area (Å²) in [6.07, 6.45) is 4.37. The number of hydrogen-bond donors (Lipinski definition) is 3. The quantitative estimate of drug-likeness (QED) is 0.261. The highest BCUT2D eigenvalue weighted by Gasteiger charge is 2.48. The minimum Gasteiger partial charge on any atom is -0.619 e. The van der Waals surface area contributed by atoms with Gasteiger partial charge in [0.2, 0.25) is 0 Å². The Morgan fingerprint density at radius 1 is 1.03 bits per heavy atom. The number of fused-ring (bicyclic) bond motifs is 1. The number of benzene rings is 2. The Labute approximate surface area is 181 Å². The molecule has 2 aromatic carbocycles. The molecule has 160 valence electrons. The average molecular weight is 432 g/mol. The van der Waals surface area contributed by atoms with Crippen molar-refractivity contribution in [1.82, 2.24) is 15.2 Å². The van der Waals surface area contributed by atoms with E-state index >= 15 is 0 Å². The van der Waals surface area contributed by atoms with Gasteiger partial charge in [0.25, 0.3) is 5.91 Å². The fourth-order valence-corrected chi connectivity index (χ4v) is 4.04. The molecular weight excluding hydrogens is 415 g/mol. The summed E-state index contributed by atoms with van der Waals surface area (Å²) in [5, 5.41) is 27.7. The summed E-state index contributed by atoms with van der Waals surface area (Å²) in [7, 11) is 0. The monoisotopic (exact) mass is 432 g/mol. The number of aromatic nitrogens is 2. The molecule has 5 rings (SSSR count). The Morgan fingerprint density at radius 2 is 1.72 bits per heavy atom. The molecule has 0 aliphatic carbocycles. The normalized spacial score (nSPS) is 18.0. The van der Waals surface area contributed by atoms with Crippen molar-refractivity contribution in [3.63, 3.8) is 0 Å². The first-order chi connectivity index (χ1) is 15.4. The first-order valence-corrected chi connectivity index (χ1v) is 9.76. The maximum atomic E-state index is 13.6. The second-order valence-corrected chi connectivity index (χ2v) is 7.65. The first kappa shape index (κ1) is 19.6. The highest BCUT2D eigenvalue weighted by Crippen LogP contribution is 2.34. The molecule has 3 amide bonds. The van der Waals surface area contributed by atoms with Crippen molar-refractivity contribution in [3.8, 4) is 17.0 Å². The molecule has 3 N–H and O–H groups in total. The molecule has 1 atom stereocenters. The topological polar surface area (TPSA) is 110 Å². The summed E-state index contributed by atoms with van der Waals surface area (Å²) < 4.78 is 15.7. The second kappa shape index (κ2) is 7.09. The number of hydrogen-bond acceptors (Lipinski definition) is 4. The summed E-state index contributed by atoms with van der Waals surface area (Å²) in [6, 6.07) is 13.7.